The average molecular weight is 266 g/mol. The molecule has 106 valence electrons. The van der Waals surface area contributed by atoms with E-state index in [9.17, 15) is 4.79 Å². The van der Waals surface area contributed by atoms with Crippen LogP contribution in [0.4, 0.5) is 0 Å². The maximum absolute atomic E-state index is 11.8. The van der Waals surface area contributed by atoms with Crippen LogP contribution >= 0.6 is 0 Å². The summed E-state index contributed by atoms with van der Waals surface area (Å²) in [5.41, 5.74) is 6.66. The van der Waals surface area contributed by atoms with Gasteiger partial charge in [-0.15, -0.1) is 0 Å². The third kappa shape index (κ3) is 4.13. The van der Waals surface area contributed by atoms with E-state index in [0.29, 0.717) is 18.0 Å². The minimum atomic E-state index is -0.496. The smallest absolute Gasteiger partial charge is 0.237 e. The fourth-order valence-electron chi connectivity index (χ4n) is 1.60. The molecule has 3 N–H and O–H groups in total. The summed E-state index contributed by atoms with van der Waals surface area (Å²) in [5, 5.41) is 2.81. The lowest BCUT2D eigenvalue weighted by Gasteiger charge is -2.16. The Kier molecular flexibility index (Phi) is 5.63. The normalized spacial score (nSPS) is 12.1. The van der Waals surface area contributed by atoms with Crippen molar-refractivity contribution in [2.45, 2.75) is 26.4 Å². The Hall–Kier alpha value is -1.75. The highest BCUT2D eigenvalue weighted by Crippen LogP contribution is 2.24. The molecule has 0 aromatic heterocycles. The lowest BCUT2D eigenvalue weighted by atomic mass is 10.0. The van der Waals surface area contributed by atoms with Gasteiger partial charge in [-0.3, -0.25) is 4.79 Å². The van der Waals surface area contributed by atoms with Gasteiger partial charge in [0.2, 0.25) is 5.91 Å². The maximum atomic E-state index is 11.8. The minimum absolute atomic E-state index is 0.109. The number of nitrogens with one attached hydrogen (secondary N) is 1. The van der Waals surface area contributed by atoms with Crippen molar-refractivity contribution < 1.29 is 14.3 Å². The van der Waals surface area contributed by atoms with Crippen LogP contribution in [0.1, 0.15) is 19.4 Å². The Morgan fingerprint density at radius 3 is 2.53 bits per heavy atom. The molecule has 1 aromatic carbocycles. The van der Waals surface area contributed by atoms with Gasteiger partial charge in [0.15, 0.2) is 0 Å². The Labute approximate surface area is 114 Å². The number of hydrogen-bond acceptors (Lipinski definition) is 4. The van der Waals surface area contributed by atoms with Gasteiger partial charge in [0.05, 0.1) is 20.3 Å². The molecule has 0 aliphatic rings. The summed E-state index contributed by atoms with van der Waals surface area (Å²) in [6, 6.07) is 4.97. The van der Waals surface area contributed by atoms with E-state index in [1.807, 2.05) is 26.0 Å². The quantitative estimate of drug-likeness (QED) is 0.814. The van der Waals surface area contributed by atoms with Gasteiger partial charge in [-0.1, -0.05) is 13.8 Å². The van der Waals surface area contributed by atoms with Crippen LogP contribution < -0.4 is 20.5 Å². The molecule has 19 heavy (non-hydrogen) atoms. The number of amides is 1. The van der Waals surface area contributed by atoms with E-state index in [-0.39, 0.29) is 11.8 Å². The molecule has 0 saturated heterocycles. The van der Waals surface area contributed by atoms with Gasteiger partial charge in [-0.25, -0.2) is 0 Å². The average Bonchev–Trinajstić information content (AvgIpc) is 2.43. The zero-order valence-electron chi connectivity index (χ0n) is 11.9. The highest BCUT2D eigenvalue weighted by molar-refractivity contribution is 5.81. The standard InChI is InChI=1S/C14H22N2O3/c1-9(2)13(15)14(17)16-8-10-5-6-11(18-3)7-12(10)19-4/h5-7,9,13H,8,15H2,1-4H3,(H,16,17). The molecule has 0 saturated carbocycles. The van der Waals surface area contributed by atoms with Crippen molar-refractivity contribution in [3.8, 4) is 11.5 Å². The molecule has 0 aliphatic heterocycles. The fraction of sp³-hybridized carbons (Fsp3) is 0.500. The predicted molar refractivity (Wildman–Crippen MR) is 74.2 cm³/mol. The topological polar surface area (TPSA) is 73.6 Å². The van der Waals surface area contributed by atoms with Crippen LogP contribution in [0.25, 0.3) is 0 Å². The van der Waals surface area contributed by atoms with E-state index in [4.69, 9.17) is 15.2 Å². The van der Waals surface area contributed by atoms with Crippen LogP contribution in [0.3, 0.4) is 0 Å². The van der Waals surface area contributed by atoms with Crippen LogP contribution in [0.2, 0.25) is 0 Å². The summed E-state index contributed by atoms with van der Waals surface area (Å²) in [6.07, 6.45) is 0. The number of carbonyl (C=O) groups excluding carboxylic acids is 1. The second-order valence-corrected chi connectivity index (χ2v) is 4.67. The molecule has 0 radical (unpaired) electrons. The molecule has 0 fully saturated rings. The Bertz CT molecular complexity index is 433. The van der Waals surface area contributed by atoms with E-state index in [0.717, 1.165) is 5.56 Å². The van der Waals surface area contributed by atoms with E-state index in [1.54, 1.807) is 20.3 Å². The highest BCUT2D eigenvalue weighted by Gasteiger charge is 2.17. The Morgan fingerprint density at radius 2 is 2.00 bits per heavy atom. The van der Waals surface area contributed by atoms with Crippen molar-refractivity contribution in [1.29, 1.82) is 0 Å². The van der Waals surface area contributed by atoms with Crippen molar-refractivity contribution in [3.05, 3.63) is 23.8 Å². The first-order valence-electron chi connectivity index (χ1n) is 6.23. The van der Waals surface area contributed by atoms with Crippen molar-refractivity contribution >= 4 is 5.91 Å². The molecular weight excluding hydrogens is 244 g/mol. The highest BCUT2D eigenvalue weighted by atomic mass is 16.5. The van der Waals surface area contributed by atoms with Gasteiger partial charge < -0.3 is 20.5 Å². The summed E-state index contributed by atoms with van der Waals surface area (Å²) >= 11 is 0. The molecule has 5 nitrogen and oxygen atoms in total. The molecule has 5 heteroatoms. The van der Waals surface area contributed by atoms with Crippen LogP contribution in [-0.4, -0.2) is 26.2 Å². The van der Waals surface area contributed by atoms with E-state index in [2.05, 4.69) is 5.32 Å². The SMILES string of the molecule is COc1ccc(CNC(=O)C(N)C(C)C)c(OC)c1. The van der Waals surface area contributed by atoms with Crippen LogP contribution in [0.5, 0.6) is 11.5 Å². The summed E-state index contributed by atoms with van der Waals surface area (Å²) in [4.78, 5) is 11.8. The first-order valence-corrected chi connectivity index (χ1v) is 6.23. The number of rotatable bonds is 6. The second-order valence-electron chi connectivity index (χ2n) is 4.67. The van der Waals surface area contributed by atoms with Gasteiger partial charge in [-0.05, 0) is 18.1 Å². The molecule has 0 spiro atoms. The molecule has 1 aromatic rings. The van der Waals surface area contributed by atoms with Gasteiger partial charge in [0.25, 0.3) is 0 Å². The molecule has 0 aliphatic carbocycles. The zero-order valence-corrected chi connectivity index (χ0v) is 11.9. The molecule has 0 heterocycles. The second kappa shape index (κ2) is 6.99. The van der Waals surface area contributed by atoms with Crippen LogP contribution in [0.15, 0.2) is 18.2 Å². The summed E-state index contributed by atoms with van der Waals surface area (Å²) in [6.45, 7) is 4.21. The van der Waals surface area contributed by atoms with Gasteiger partial charge >= 0.3 is 0 Å². The lowest BCUT2D eigenvalue weighted by Crippen LogP contribution is -2.43. The van der Waals surface area contributed by atoms with E-state index >= 15 is 0 Å². The first kappa shape index (κ1) is 15.3. The molecule has 1 unspecified atom stereocenters. The third-order valence-electron chi connectivity index (χ3n) is 2.97. The van der Waals surface area contributed by atoms with E-state index < -0.39 is 6.04 Å². The number of carbonyl (C=O) groups is 1. The third-order valence-corrected chi connectivity index (χ3v) is 2.97. The summed E-state index contributed by atoms with van der Waals surface area (Å²) in [5.74, 6) is 1.34. The minimum Gasteiger partial charge on any atom is -0.497 e. The number of benzene rings is 1. The zero-order chi connectivity index (χ0) is 14.4. The Balaban J connectivity index is 2.70. The van der Waals surface area contributed by atoms with Crippen molar-refractivity contribution in [3.63, 3.8) is 0 Å². The molecule has 1 rings (SSSR count). The first-order chi connectivity index (χ1) is 8.99. The Morgan fingerprint density at radius 1 is 1.32 bits per heavy atom. The number of methoxy groups -OCH3 is 2. The summed E-state index contributed by atoms with van der Waals surface area (Å²) in [7, 11) is 3.18. The van der Waals surface area contributed by atoms with Gasteiger partial charge in [-0.2, -0.15) is 0 Å². The fourth-order valence-corrected chi connectivity index (χ4v) is 1.60. The van der Waals surface area contributed by atoms with Crippen molar-refractivity contribution in [1.82, 2.24) is 5.32 Å². The van der Waals surface area contributed by atoms with E-state index in [1.165, 1.54) is 0 Å². The maximum Gasteiger partial charge on any atom is 0.237 e. The summed E-state index contributed by atoms with van der Waals surface area (Å²) < 4.78 is 10.4. The number of hydrogen-bond donors (Lipinski definition) is 2. The monoisotopic (exact) mass is 266 g/mol. The van der Waals surface area contributed by atoms with Gasteiger partial charge in [0.1, 0.15) is 11.5 Å². The molecule has 1 atom stereocenters. The molecular formula is C14H22N2O3. The van der Waals surface area contributed by atoms with Crippen LogP contribution in [-0.2, 0) is 11.3 Å². The van der Waals surface area contributed by atoms with Gasteiger partial charge in [0, 0.05) is 18.2 Å². The number of ether oxygens (including phenoxy) is 2. The van der Waals surface area contributed by atoms with Crippen molar-refractivity contribution in [2.24, 2.45) is 11.7 Å². The number of nitrogens with two attached hydrogens (primary N) is 1. The lowest BCUT2D eigenvalue weighted by molar-refractivity contribution is -0.123. The largest absolute Gasteiger partial charge is 0.497 e. The van der Waals surface area contributed by atoms with Crippen molar-refractivity contribution in [2.75, 3.05) is 14.2 Å². The molecule has 0 bridgehead atoms. The molecule has 1 amide bonds. The van der Waals surface area contributed by atoms with Crippen LogP contribution in [0, 0.1) is 5.92 Å². The predicted octanol–water partition coefficient (Wildman–Crippen LogP) is 1.30.